The monoisotopic (exact) mass is 418 g/mol. The highest BCUT2D eigenvalue weighted by molar-refractivity contribution is 5.98. The molecule has 0 saturated carbocycles. The third-order valence-corrected chi connectivity index (χ3v) is 5.02. The summed E-state index contributed by atoms with van der Waals surface area (Å²) < 4.78 is 3.25. The largest absolute Gasteiger partial charge is 0.381 e. The van der Waals surface area contributed by atoms with Gasteiger partial charge in [0.2, 0.25) is 5.91 Å². The van der Waals surface area contributed by atoms with Gasteiger partial charge in [0.25, 0.3) is 5.91 Å². The maximum atomic E-state index is 13.2. The van der Waals surface area contributed by atoms with E-state index >= 15 is 0 Å². The number of aliphatic hydroxyl groups is 1. The molecule has 0 aliphatic carbocycles. The van der Waals surface area contributed by atoms with Crippen LogP contribution in [0.4, 0.5) is 0 Å². The Morgan fingerprint density at radius 3 is 2.58 bits per heavy atom. The first-order chi connectivity index (χ1) is 14.9. The van der Waals surface area contributed by atoms with Crippen LogP contribution in [-0.4, -0.2) is 48.4 Å². The predicted octanol–water partition coefficient (Wildman–Crippen LogP) is 0.946. The second-order valence-electron chi connectivity index (χ2n) is 7.26. The number of hydrogen-bond acceptors (Lipinski definition) is 5. The van der Waals surface area contributed by atoms with Crippen molar-refractivity contribution in [3.63, 3.8) is 0 Å². The van der Waals surface area contributed by atoms with Gasteiger partial charge in [0.1, 0.15) is 11.9 Å². The van der Waals surface area contributed by atoms with E-state index in [-0.39, 0.29) is 12.0 Å². The number of fused-ring (bicyclic) bond motifs is 1. The topological polar surface area (TPSA) is 128 Å². The minimum absolute atomic E-state index is 0.236. The van der Waals surface area contributed by atoms with Crippen LogP contribution in [0.1, 0.15) is 15.9 Å². The van der Waals surface area contributed by atoms with E-state index in [1.807, 2.05) is 54.6 Å². The number of nitrogens with two attached hydrogens (primary N) is 1. The van der Waals surface area contributed by atoms with Gasteiger partial charge in [0.15, 0.2) is 11.9 Å². The standard InChI is InChI=1S/C22H22N6O3/c1-27-12-15(21(26-27)28-13-24-16-9-5-6-10-18(16)28)22(31)25-17(19(29)20(23)30)11-14-7-3-2-4-8-14/h2-10,12-13,17,19,29H,11H2,1H3,(H2,23,30)(H,25,31). The number of aliphatic hydroxyl groups excluding tert-OH is 1. The molecule has 9 heteroatoms. The van der Waals surface area contributed by atoms with Gasteiger partial charge in [-0.1, -0.05) is 42.5 Å². The first-order valence-electron chi connectivity index (χ1n) is 9.72. The number of amides is 2. The molecule has 0 aliphatic heterocycles. The molecule has 2 aromatic heterocycles. The third kappa shape index (κ3) is 4.17. The van der Waals surface area contributed by atoms with Crippen LogP contribution in [0.2, 0.25) is 0 Å². The summed E-state index contributed by atoms with van der Waals surface area (Å²) >= 11 is 0. The normalized spacial score (nSPS) is 13.1. The van der Waals surface area contributed by atoms with Gasteiger partial charge in [-0.25, -0.2) is 4.98 Å². The van der Waals surface area contributed by atoms with Gasteiger partial charge >= 0.3 is 0 Å². The van der Waals surface area contributed by atoms with Gasteiger partial charge in [-0.05, 0) is 24.1 Å². The Labute approximate surface area is 178 Å². The zero-order chi connectivity index (χ0) is 22.0. The molecule has 9 nitrogen and oxygen atoms in total. The summed E-state index contributed by atoms with van der Waals surface area (Å²) in [6, 6.07) is 15.8. The Hall–Kier alpha value is -3.98. The lowest BCUT2D eigenvalue weighted by Crippen LogP contribution is -2.50. The molecule has 2 atom stereocenters. The molecule has 2 amide bonds. The van der Waals surface area contributed by atoms with Gasteiger partial charge in [-0.2, -0.15) is 5.10 Å². The van der Waals surface area contributed by atoms with Gasteiger partial charge in [-0.3, -0.25) is 18.8 Å². The fraction of sp³-hybridized carbons (Fsp3) is 0.182. The van der Waals surface area contributed by atoms with Crippen molar-refractivity contribution >= 4 is 22.8 Å². The van der Waals surface area contributed by atoms with E-state index in [0.717, 1.165) is 16.6 Å². The second-order valence-corrected chi connectivity index (χ2v) is 7.26. The van der Waals surface area contributed by atoms with Crippen molar-refractivity contribution in [2.24, 2.45) is 12.8 Å². The molecule has 158 valence electrons. The number of aryl methyl sites for hydroxylation is 1. The molecule has 0 radical (unpaired) electrons. The van der Waals surface area contributed by atoms with E-state index in [1.54, 1.807) is 24.1 Å². The molecular formula is C22H22N6O3. The average Bonchev–Trinajstić information content (AvgIpc) is 3.36. The Kier molecular flexibility index (Phi) is 5.50. The van der Waals surface area contributed by atoms with Crippen LogP contribution < -0.4 is 11.1 Å². The van der Waals surface area contributed by atoms with Crippen LogP contribution in [0.25, 0.3) is 16.9 Å². The number of imidazole rings is 1. The number of nitrogens with one attached hydrogen (secondary N) is 1. The number of para-hydroxylation sites is 2. The van der Waals surface area contributed by atoms with E-state index in [2.05, 4.69) is 15.4 Å². The van der Waals surface area contributed by atoms with Crippen molar-refractivity contribution in [2.75, 3.05) is 0 Å². The third-order valence-electron chi connectivity index (χ3n) is 5.02. The molecule has 4 rings (SSSR count). The Balaban J connectivity index is 1.66. The number of rotatable bonds is 7. The lowest BCUT2D eigenvalue weighted by Gasteiger charge is -2.22. The minimum atomic E-state index is -1.54. The van der Waals surface area contributed by atoms with E-state index in [9.17, 15) is 14.7 Å². The van der Waals surface area contributed by atoms with E-state index in [1.165, 1.54) is 4.68 Å². The predicted molar refractivity (Wildman–Crippen MR) is 114 cm³/mol. The molecule has 4 N–H and O–H groups in total. The zero-order valence-electron chi connectivity index (χ0n) is 16.8. The molecule has 31 heavy (non-hydrogen) atoms. The highest BCUT2D eigenvalue weighted by Crippen LogP contribution is 2.20. The van der Waals surface area contributed by atoms with Crippen LogP contribution in [0.3, 0.4) is 0 Å². The van der Waals surface area contributed by atoms with Crippen LogP contribution in [0, 0.1) is 0 Å². The van der Waals surface area contributed by atoms with Gasteiger partial charge in [-0.15, -0.1) is 0 Å². The van der Waals surface area contributed by atoms with E-state index < -0.39 is 24.0 Å². The number of hydrogen-bond donors (Lipinski definition) is 3. The van der Waals surface area contributed by atoms with Crippen molar-refractivity contribution in [3.8, 4) is 5.82 Å². The first kappa shape index (κ1) is 20.3. The fourth-order valence-electron chi connectivity index (χ4n) is 3.50. The number of nitrogens with zero attached hydrogens (tertiary/aromatic N) is 4. The number of primary amides is 1. The van der Waals surface area contributed by atoms with Crippen LogP contribution >= 0.6 is 0 Å². The summed E-state index contributed by atoms with van der Waals surface area (Å²) in [4.78, 5) is 29.2. The molecule has 0 fully saturated rings. The average molecular weight is 418 g/mol. The lowest BCUT2D eigenvalue weighted by atomic mass is 10.0. The number of carbonyl (C=O) groups excluding carboxylic acids is 2. The molecule has 2 heterocycles. The Morgan fingerprint density at radius 2 is 1.84 bits per heavy atom. The highest BCUT2D eigenvalue weighted by Gasteiger charge is 2.28. The Bertz CT molecular complexity index is 1230. The molecule has 0 spiro atoms. The van der Waals surface area contributed by atoms with Crippen molar-refractivity contribution < 1.29 is 14.7 Å². The number of aromatic nitrogens is 4. The smallest absolute Gasteiger partial charge is 0.257 e. The van der Waals surface area contributed by atoms with Crippen LogP contribution in [0.15, 0.2) is 67.1 Å². The van der Waals surface area contributed by atoms with Crippen molar-refractivity contribution in [1.82, 2.24) is 24.6 Å². The maximum absolute atomic E-state index is 13.2. The van der Waals surface area contributed by atoms with Crippen molar-refractivity contribution in [2.45, 2.75) is 18.6 Å². The maximum Gasteiger partial charge on any atom is 0.257 e. The molecule has 0 bridgehead atoms. The van der Waals surface area contributed by atoms with Crippen molar-refractivity contribution in [1.29, 1.82) is 0 Å². The molecular weight excluding hydrogens is 396 g/mol. The van der Waals surface area contributed by atoms with E-state index in [0.29, 0.717) is 5.82 Å². The Morgan fingerprint density at radius 1 is 1.13 bits per heavy atom. The first-order valence-corrected chi connectivity index (χ1v) is 9.72. The molecule has 2 aromatic carbocycles. The SMILES string of the molecule is Cn1cc(C(=O)NC(Cc2ccccc2)C(O)C(N)=O)c(-n2cnc3ccccc32)n1. The summed E-state index contributed by atoms with van der Waals surface area (Å²) in [5.74, 6) is -1.00. The van der Waals surface area contributed by atoms with Gasteiger partial charge in [0.05, 0.1) is 17.1 Å². The summed E-state index contributed by atoms with van der Waals surface area (Å²) in [6.45, 7) is 0. The summed E-state index contributed by atoms with van der Waals surface area (Å²) in [7, 11) is 1.71. The fourth-order valence-corrected chi connectivity index (χ4v) is 3.50. The highest BCUT2D eigenvalue weighted by atomic mass is 16.3. The second kappa shape index (κ2) is 8.41. The van der Waals surface area contributed by atoms with Crippen LogP contribution in [-0.2, 0) is 18.3 Å². The molecule has 4 aromatic rings. The van der Waals surface area contributed by atoms with Gasteiger partial charge in [0, 0.05) is 13.2 Å². The lowest BCUT2D eigenvalue weighted by molar-refractivity contribution is -0.127. The van der Waals surface area contributed by atoms with Crippen LogP contribution in [0.5, 0.6) is 0 Å². The minimum Gasteiger partial charge on any atom is -0.381 e. The summed E-state index contributed by atoms with van der Waals surface area (Å²) in [5, 5.41) is 17.5. The van der Waals surface area contributed by atoms with Crippen molar-refractivity contribution in [3.05, 3.63) is 78.2 Å². The molecule has 0 aliphatic rings. The molecule has 2 unspecified atom stereocenters. The van der Waals surface area contributed by atoms with E-state index in [4.69, 9.17) is 5.73 Å². The quantitative estimate of drug-likeness (QED) is 0.412. The number of carbonyl (C=O) groups is 2. The molecule has 0 saturated heterocycles. The van der Waals surface area contributed by atoms with Gasteiger partial charge < -0.3 is 16.2 Å². The summed E-state index contributed by atoms with van der Waals surface area (Å²) in [5.41, 5.74) is 8.00. The summed E-state index contributed by atoms with van der Waals surface area (Å²) in [6.07, 6.45) is 1.87. The zero-order valence-corrected chi connectivity index (χ0v) is 16.8. The number of benzene rings is 2.